The van der Waals surface area contributed by atoms with E-state index in [9.17, 15) is 0 Å². The second-order valence-corrected chi connectivity index (χ2v) is 1.67. The van der Waals surface area contributed by atoms with Crippen LogP contribution in [0.1, 0.15) is 19.3 Å². The molecule has 0 atom stereocenters. The van der Waals surface area contributed by atoms with Gasteiger partial charge >= 0.3 is 0 Å². The molecule has 0 aromatic carbocycles. The zero-order valence-electron chi connectivity index (χ0n) is 3.91. The molecule has 6 heavy (non-hydrogen) atoms. The van der Waals surface area contributed by atoms with Gasteiger partial charge in [0.25, 0.3) is 0 Å². The van der Waals surface area contributed by atoms with Crippen LogP contribution >= 0.6 is 0 Å². The van der Waals surface area contributed by atoms with Gasteiger partial charge in [-0.1, -0.05) is 18.6 Å². The van der Waals surface area contributed by atoms with Crippen molar-refractivity contribution < 1.29 is 0 Å². The second-order valence-electron chi connectivity index (χ2n) is 1.67. The smallest absolute Gasteiger partial charge is 0.0136 e. The highest BCUT2D eigenvalue weighted by atomic mass is 14.1. The van der Waals surface area contributed by atoms with Crippen molar-refractivity contribution in [2.24, 2.45) is 0 Å². The molecule has 0 saturated heterocycles. The van der Waals surface area contributed by atoms with Crippen LogP contribution in [0.3, 0.4) is 0 Å². The van der Waals surface area contributed by atoms with Gasteiger partial charge in [0.15, 0.2) is 0 Å². The van der Waals surface area contributed by atoms with Crippen molar-refractivity contribution >= 4 is 0 Å². The minimum absolute atomic E-state index is 1.08. The Morgan fingerprint density at radius 3 is 2.67 bits per heavy atom. The maximum Gasteiger partial charge on any atom is -0.0136 e. The van der Waals surface area contributed by atoms with Crippen LogP contribution in [0, 0.1) is 6.92 Å². The predicted molar refractivity (Wildman–Crippen MR) is 27.3 cm³/mol. The van der Waals surface area contributed by atoms with E-state index < -0.39 is 0 Å². The fourth-order valence-corrected chi connectivity index (χ4v) is 0.503. The first-order chi connectivity index (χ1) is 2.93. The van der Waals surface area contributed by atoms with Gasteiger partial charge in [-0.05, 0) is 19.3 Å². The topological polar surface area (TPSA) is 0 Å². The highest BCUT2D eigenvalue weighted by molar-refractivity contribution is 5.21. The molecule has 0 aromatic heterocycles. The fraction of sp³-hybridized carbons (Fsp3) is 0.500. The van der Waals surface area contributed by atoms with Gasteiger partial charge in [0.1, 0.15) is 0 Å². The van der Waals surface area contributed by atoms with Gasteiger partial charge in [-0.25, -0.2) is 0 Å². The first-order valence-electron chi connectivity index (χ1n) is 2.40. The lowest BCUT2D eigenvalue weighted by atomic mass is 10.3. The average Bonchev–Trinajstić information content (AvgIpc) is 2.21. The van der Waals surface area contributed by atoms with Crippen molar-refractivity contribution in [2.45, 2.75) is 19.3 Å². The summed E-state index contributed by atoms with van der Waals surface area (Å²) in [5.74, 6) is 0. The molecule has 0 unspecified atom stereocenters. The Bertz CT molecular complexity index is 70.1. The summed E-state index contributed by atoms with van der Waals surface area (Å²) in [6, 6.07) is 0. The Labute approximate surface area is 38.9 Å². The highest BCUT2D eigenvalue weighted by Gasteiger charge is 2.02. The van der Waals surface area contributed by atoms with Gasteiger partial charge in [-0.2, -0.15) is 0 Å². The molecule has 1 aliphatic rings. The van der Waals surface area contributed by atoms with E-state index >= 15 is 0 Å². The summed E-state index contributed by atoms with van der Waals surface area (Å²) in [6.07, 6.45) is 5.84. The van der Waals surface area contributed by atoms with Gasteiger partial charge in [-0.3, -0.25) is 0 Å². The zero-order valence-corrected chi connectivity index (χ0v) is 3.91. The molecular weight excluding hydrogens is 72.1 g/mol. The lowest BCUT2D eigenvalue weighted by molar-refractivity contribution is 1.01. The SMILES string of the molecule is [CH2]CCC1=CC1. The Morgan fingerprint density at radius 2 is 2.50 bits per heavy atom. The molecule has 0 saturated carbocycles. The van der Waals surface area contributed by atoms with E-state index in [0.29, 0.717) is 0 Å². The summed E-state index contributed by atoms with van der Waals surface area (Å²) in [5.41, 5.74) is 1.60. The lowest BCUT2D eigenvalue weighted by Gasteiger charge is -1.78. The summed E-state index contributed by atoms with van der Waals surface area (Å²) < 4.78 is 0. The minimum atomic E-state index is 1.08. The van der Waals surface area contributed by atoms with E-state index in [0.717, 1.165) is 6.42 Å². The Hall–Kier alpha value is -0.260. The quantitative estimate of drug-likeness (QED) is 0.445. The van der Waals surface area contributed by atoms with Crippen molar-refractivity contribution in [3.63, 3.8) is 0 Å². The van der Waals surface area contributed by atoms with Crippen molar-refractivity contribution in [2.75, 3.05) is 0 Å². The van der Waals surface area contributed by atoms with E-state index in [2.05, 4.69) is 13.0 Å². The lowest BCUT2D eigenvalue weighted by Crippen LogP contribution is -1.59. The molecule has 1 rings (SSSR count). The molecule has 0 bridgehead atoms. The molecule has 1 radical (unpaired) electrons. The van der Waals surface area contributed by atoms with Gasteiger partial charge < -0.3 is 0 Å². The molecule has 0 aromatic rings. The number of allylic oxidation sites excluding steroid dienone is 2. The van der Waals surface area contributed by atoms with Gasteiger partial charge in [0.2, 0.25) is 0 Å². The fourth-order valence-electron chi connectivity index (χ4n) is 0.503. The number of rotatable bonds is 2. The summed E-state index contributed by atoms with van der Waals surface area (Å²) in [5, 5.41) is 0. The van der Waals surface area contributed by atoms with Gasteiger partial charge in [0.05, 0.1) is 0 Å². The van der Waals surface area contributed by atoms with Crippen molar-refractivity contribution in [3.05, 3.63) is 18.6 Å². The third kappa shape index (κ3) is 0.852. The Balaban J connectivity index is 2.02. The van der Waals surface area contributed by atoms with E-state index in [1.807, 2.05) is 0 Å². The molecule has 33 valence electrons. The third-order valence-corrected chi connectivity index (χ3v) is 0.991. The summed E-state index contributed by atoms with van der Waals surface area (Å²) in [6.45, 7) is 3.72. The standard InChI is InChI=1S/C6H9/c1-2-3-6-4-5-6/h4H,1-3,5H2. The molecule has 0 nitrogen and oxygen atoms in total. The van der Waals surface area contributed by atoms with Crippen LogP contribution in [-0.4, -0.2) is 0 Å². The summed E-state index contributed by atoms with van der Waals surface area (Å²) in [7, 11) is 0. The summed E-state index contributed by atoms with van der Waals surface area (Å²) >= 11 is 0. The largest absolute Gasteiger partial charge is 0.0810 e. The maximum atomic E-state index is 3.72. The van der Waals surface area contributed by atoms with E-state index in [-0.39, 0.29) is 0 Å². The van der Waals surface area contributed by atoms with Crippen LogP contribution < -0.4 is 0 Å². The molecular formula is C6H9. The van der Waals surface area contributed by atoms with Crippen molar-refractivity contribution in [1.29, 1.82) is 0 Å². The Kier molecular flexibility index (Phi) is 0.952. The molecule has 1 aliphatic carbocycles. The summed E-state index contributed by atoms with van der Waals surface area (Å²) in [4.78, 5) is 0. The van der Waals surface area contributed by atoms with E-state index in [1.54, 1.807) is 5.57 Å². The molecule has 0 spiro atoms. The first-order valence-corrected chi connectivity index (χ1v) is 2.40. The van der Waals surface area contributed by atoms with Crippen LogP contribution in [0.4, 0.5) is 0 Å². The average molecular weight is 81.1 g/mol. The maximum absolute atomic E-state index is 3.72. The van der Waals surface area contributed by atoms with Crippen LogP contribution in [-0.2, 0) is 0 Å². The third-order valence-electron chi connectivity index (χ3n) is 0.991. The second kappa shape index (κ2) is 1.46. The van der Waals surface area contributed by atoms with Crippen LogP contribution in [0.5, 0.6) is 0 Å². The molecule has 0 heteroatoms. The molecule has 0 aliphatic heterocycles. The zero-order chi connectivity index (χ0) is 4.41. The van der Waals surface area contributed by atoms with Crippen LogP contribution in [0.2, 0.25) is 0 Å². The molecule has 0 N–H and O–H groups in total. The number of hydrogen-bond acceptors (Lipinski definition) is 0. The monoisotopic (exact) mass is 81.1 g/mol. The molecule has 0 amide bonds. The first kappa shape index (κ1) is 3.91. The highest BCUT2D eigenvalue weighted by Crippen LogP contribution is 2.22. The minimum Gasteiger partial charge on any atom is -0.0810 e. The number of hydrogen-bond donors (Lipinski definition) is 0. The van der Waals surface area contributed by atoms with Gasteiger partial charge in [-0.15, -0.1) is 0 Å². The van der Waals surface area contributed by atoms with Crippen LogP contribution in [0.25, 0.3) is 0 Å². The van der Waals surface area contributed by atoms with Crippen molar-refractivity contribution in [3.8, 4) is 0 Å². The van der Waals surface area contributed by atoms with Crippen LogP contribution in [0.15, 0.2) is 11.6 Å². The molecule has 0 heterocycles. The van der Waals surface area contributed by atoms with E-state index in [4.69, 9.17) is 0 Å². The van der Waals surface area contributed by atoms with E-state index in [1.165, 1.54) is 12.8 Å². The van der Waals surface area contributed by atoms with Crippen molar-refractivity contribution in [1.82, 2.24) is 0 Å². The Morgan fingerprint density at radius 1 is 1.83 bits per heavy atom. The molecule has 0 fully saturated rings. The van der Waals surface area contributed by atoms with Gasteiger partial charge in [0, 0.05) is 0 Å². The predicted octanol–water partition coefficient (Wildman–Crippen LogP) is 1.93. The normalized spacial score (nSPS) is 17.2.